The molecule has 2 rings (SSSR count). The van der Waals surface area contributed by atoms with Gasteiger partial charge in [0, 0.05) is 17.1 Å². The summed E-state index contributed by atoms with van der Waals surface area (Å²) in [6.07, 6.45) is 0.983. The molecule has 4 heteroatoms. The smallest absolute Gasteiger partial charge is 0.251 e. The van der Waals surface area contributed by atoms with Crippen molar-refractivity contribution >= 4 is 18.5 Å². The van der Waals surface area contributed by atoms with Gasteiger partial charge in [0.2, 0.25) is 0 Å². The normalized spacial score (nSPS) is 24.4. The van der Waals surface area contributed by atoms with E-state index in [1.54, 1.807) is 12.1 Å². The Bertz CT molecular complexity index is 394. The minimum absolute atomic E-state index is 0.0572. The van der Waals surface area contributed by atoms with E-state index >= 15 is 0 Å². The Balaban J connectivity index is 2.03. The summed E-state index contributed by atoms with van der Waals surface area (Å²) < 4.78 is 5.40. The summed E-state index contributed by atoms with van der Waals surface area (Å²) in [5.74, 6) is -0.0572. The molecule has 0 spiro atoms. The van der Waals surface area contributed by atoms with Crippen molar-refractivity contribution in [2.45, 2.75) is 30.4 Å². The third-order valence-corrected chi connectivity index (χ3v) is 3.08. The Morgan fingerprint density at radius 1 is 1.56 bits per heavy atom. The maximum Gasteiger partial charge on any atom is 0.251 e. The summed E-state index contributed by atoms with van der Waals surface area (Å²) in [6.45, 7) is 2.70. The third-order valence-electron chi connectivity index (χ3n) is 2.80. The molecule has 1 aromatic carbocycles. The van der Waals surface area contributed by atoms with Gasteiger partial charge in [0.25, 0.3) is 5.91 Å². The van der Waals surface area contributed by atoms with Crippen molar-refractivity contribution in [1.82, 2.24) is 5.32 Å². The highest BCUT2D eigenvalue weighted by Crippen LogP contribution is 2.14. The lowest BCUT2D eigenvalue weighted by atomic mass is 10.1. The second-order valence-corrected chi connectivity index (χ2v) is 4.51. The number of hydrogen-bond donors (Lipinski definition) is 2. The van der Waals surface area contributed by atoms with Crippen molar-refractivity contribution < 1.29 is 9.53 Å². The van der Waals surface area contributed by atoms with Crippen LogP contribution in [0.1, 0.15) is 23.7 Å². The zero-order valence-electron chi connectivity index (χ0n) is 9.14. The van der Waals surface area contributed by atoms with Crippen molar-refractivity contribution in [1.29, 1.82) is 0 Å². The lowest BCUT2D eigenvalue weighted by Gasteiger charge is -2.16. The van der Waals surface area contributed by atoms with E-state index in [0.29, 0.717) is 5.56 Å². The average Bonchev–Trinajstić information content (AvgIpc) is 2.64. The van der Waals surface area contributed by atoms with Gasteiger partial charge in [-0.2, -0.15) is 0 Å². The number of benzene rings is 1. The Labute approximate surface area is 101 Å². The largest absolute Gasteiger partial charge is 0.376 e. The van der Waals surface area contributed by atoms with Crippen LogP contribution in [0.2, 0.25) is 0 Å². The number of amides is 1. The molecule has 1 aliphatic rings. The highest BCUT2D eigenvalue weighted by Gasteiger charge is 2.25. The molecule has 1 fully saturated rings. The van der Waals surface area contributed by atoms with E-state index in [0.717, 1.165) is 17.9 Å². The van der Waals surface area contributed by atoms with Crippen molar-refractivity contribution in [3.05, 3.63) is 29.8 Å². The topological polar surface area (TPSA) is 38.3 Å². The summed E-state index contributed by atoms with van der Waals surface area (Å²) in [5.41, 5.74) is 0.645. The molecule has 0 aliphatic carbocycles. The van der Waals surface area contributed by atoms with Crippen LogP contribution in [0.25, 0.3) is 0 Å². The van der Waals surface area contributed by atoms with Gasteiger partial charge in [0.1, 0.15) is 0 Å². The molecule has 1 aliphatic heterocycles. The maximum absolute atomic E-state index is 11.9. The van der Waals surface area contributed by atoms with Crippen LogP contribution in [0.3, 0.4) is 0 Å². The summed E-state index contributed by atoms with van der Waals surface area (Å²) >= 11 is 4.21. The summed E-state index contributed by atoms with van der Waals surface area (Å²) in [4.78, 5) is 12.7. The molecule has 1 amide bonds. The monoisotopic (exact) mass is 237 g/mol. The summed E-state index contributed by atoms with van der Waals surface area (Å²) in [6, 6.07) is 7.35. The van der Waals surface area contributed by atoms with Crippen LogP contribution in [0, 0.1) is 0 Å². The van der Waals surface area contributed by atoms with Gasteiger partial charge in [-0.15, -0.1) is 12.6 Å². The van der Waals surface area contributed by atoms with E-state index in [9.17, 15) is 4.79 Å². The standard InChI is InChI=1S/C12H15NO2S/c1-8-11(5-6-15-8)13-12(14)9-3-2-4-10(16)7-9/h2-4,7-8,11,16H,5-6H2,1H3,(H,13,14). The van der Waals surface area contributed by atoms with E-state index in [4.69, 9.17) is 4.74 Å². The molecular formula is C12H15NO2S. The summed E-state index contributed by atoms with van der Waals surface area (Å²) in [7, 11) is 0. The Morgan fingerprint density at radius 3 is 3.00 bits per heavy atom. The minimum Gasteiger partial charge on any atom is -0.376 e. The zero-order chi connectivity index (χ0) is 11.5. The molecule has 16 heavy (non-hydrogen) atoms. The van der Waals surface area contributed by atoms with Crippen LogP contribution in [0.15, 0.2) is 29.2 Å². The zero-order valence-corrected chi connectivity index (χ0v) is 10.0. The number of rotatable bonds is 2. The van der Waals surface area contributed by atoms with Gasteiger partial charge in [-0.25, -0.2) is 0 Å². The number of carbonyl (C=O) groups is 1. The van der Waals surface area contributed by atoms with Crippen LogP contribution in [-0.2, 0) is 4.74 Å². The van der Waals surface area contributed by atoms with Gasteiger partial charge in [-0.1, -0.05) is 6.07 Å². The molecule has 1 heterocycles. The number of thiol groups is 1. The van der Waals surface area contributed by atoms with Crippen molar-refractivity contribution in [3.63, 3.8) is 0 Å². The molecule has 0 radical (unpaired) electrons. The van der Waals surface area contributed by atoms with E-state index in [2.05, 4.69) is 17.9 Å². The first-order chi connectivity index (χ1) is 7.66. The Morgan fingerprint density at radius 2 is 2.38 bits per heavy atom. The first-order valence-electron chi connectivity index (χ1n) is 5.38. The molecule has 1 N–H and O–H groups in total. The molecule has 0 saturated carbocycles. The second-order valence-electron chi connectivity index (χ2n) is 3.99. The fraction of sp³-hybridized carbons (Fsp3) is 0.417. The molecule has 2 atom stereocenters. The minimum atomic E-state index is -0.0572. The number of ether oxygens (including phenoxy) is 1. The van der Waals surface area contributed by atoms with Crippen LogP contribution in [0.5, 0.6) is 0 Å². The number of carbonyl (C=O) groups excluding carboxylic acids is 1. The highest BCUT2D eigenvalue weighted by atomic mass is 32.1. The molecule has 2 unspecified atom stereocenters. The molecule has 1 saturated heterocycles. The molecule has 0 aromatic heterocycles. The van der Waals surface area contributed by atoms with Gasteiger partial charge in [-0.3, -0.25) is 4.79 Å². The Kier molecular flexibility index (Phi) is 3.51. The summed E-state index contributed by atoms with van der Waals surface area (Å²) in [5, 5.41) is 2.97. The highest BCUT2D eigenvalue weighted by molar-refractivity contribution is 7.80. The van der Waals surface area contributed by atoms with Gasteiger partial charge in [0.15, 0.2) is 0 Å². The van der Waals surface area contributed by atoms with Crippen LogP contribution < -0.4 is 5.32 Å². The van der Waals surface area contributed by atoms with E-state index in [-0.39, 0.29) is 18.1 Å². The first-order valence-corrected chi connectivity index (χ1v) is 5.83. The van der Waals surface area contributed by atoms with Crippen LogP contribution in [0.4, 0.5) is 0 Å². The van der Waals surface area contributed by atoms with E-state index in [1.165, 1.54) is 0 Å². The molecule has 0 bridgehead atoms. The number of nitrogens with one attached hydrogen (secondary N) is 1. The number of hydrogen-bond acceptors (Lipinski definition) is 3. The van der Waals surface area contributed by atoms with Gasteiger partial charge in [0.05, 0.1) is 12.1 Å². The third kappa shape index (κ3) is 2.57. The predicted molar refractivity (Wildman–Crippen MR) is 65.0 cm³/mol. The SMILES string of the molecule is CC1OCCC1NC(=O)c1cccc(S)c1. The maximum atomic E-state index is 11.9. The Hall–Kier alpha value is -1.00. The van der Waals surface area contributed by atoms with Crippen LogP contribution in [-0.4, -0.2) is 24.7 Å². The average molecular weight is 237 g/mol. The van der Waals surface area contributed by atoms with Crippen molar-refractivity contribution in [3.8, 4) is 0 Å². The van der Waals surface area contributed by atoms with Crippen LogP contribution >= 0.6 is 12.6 Å². The quantitative estimate of drug-likeness (QED) is 0.771. The molecule has 1 aromatic rings. The molecule has 86 valence electrons. The molecule has 3 nitrogen and oxygen atoms in total. The van der Waals surface area contributed by atoms with E-state index in [1.807, 2.05) is 19.1 Å². The predicted octanol–water partition coefficient (Wildman–Crippen LogP) is 1.88. The second kappa shape index (κ2) is 4.89. The van der Waals surface area contributed by atoms with Crippen molar-refractivity contribution in [2.24, 2.45) is 0 Å². The lowest BCUT2D eigenvalue weighted by molar-refractivity contribution is 0.0866. The van der Waals surface area contributed by atoms with Crippen molar-refractivity contribution in [2.75, 3.05) is 6.61 Å². The van der Waals surface area contributed by atoms with Gasteiger partial charge in [-0.05, 0) is 31.5 Å². The fourth-order valence-corrected chi connectivity index (χ4v) is 2.05. The first kappa shape index (κ1) is 11.5. The fourth-order valence-electron chi connectivity index (χ4n) is 1.82. The molecular weight excluding hydrogens is 222 g/mol. The van der Waals surface area contributed by atoms with Gasteiger partial charge >= 0.3 is 0 Å². The lowest BCUT2D eigenvalue weighted by Crippen LogP contribution is -2.39. The van der Waals surface area contributed by atoms with E-state index < -0.39 is 0 Å². The van der Waals surface area contributed by atoms with Gasteiger partial charge < -0.3 is 10.1 Å².